The fraction of sp³-hybridized carbons (Fsp3) is 0.250. The van der Waals surface area contributed by atoms with Gasteiger partial charge in [-0.3, -0.25) is 9.78 Å². The third-order valence-corrected chi connectivity index (χ3v) is 3.41. The molecule has 0 N–H and O–H groups in total. The van der Waals surface area contributed by atoms with Crippen LogP contribution in [0.2, 0.25) is 0 Å². The predicted molar refractivity (Wildman–Crippen MR) is 73.3 cm³/mol. The fourth-order valence-electron chi connectivity index (χ4n) is 2.04. The fourth-order valence-corrected chi connectivity index (χ4v) is 2.04. The van der Waals surface area contributed by atoms with Crippen molar-refractivity contribution in [3.63, 3.8) is 0 Å². The summed E-state index contributed by atoms with van der Waals surface area (Å²) in [6, 6.07) is 5.61. The van der Waals surface area contributed by atoms with Gasteiger partial charge in [0.15, 0.2) is 0 Å². The molecule has 0 aliphatic rings. The molecule has 0 amide bonds. The summed E-state index contributed by atoms with van der Waals surface area (Å²) < 4.78 is 37.4. The van der Waals surface area contributed by atoms with Crippen LogP contribution in [0, 0.1) is 20.8 Å². The highest BCUT2D eigenvalue weighted by molar-refractivity contribution is 6.08. The van der Waals surface area contributed by atoms with Gasteiger partial charge in [0.25, 0.3) is 0 Å². The molecule has 5 heteroatoms. The Balaban J connectivity index is 2.39. The lowest BCUT2D eigenvalue weighted by Gasteiger charge is -2.10. The summed E-state index contributed by atoms with van der Waals surface area (Å²) >= 11 is 0. The van der Waals surface area contributed by atoms with E-state index in [9.17, 15) is 18.0 Å². The van der Waals surface area contributed by atoms with Gasteiger partial charge in [0.05, 0.1) is 5.56 Å². The molecule has 0 aliphatic heterocycles. The van der Waals surface area contributed by atoms with E-state index < -0.39 is 11.7 Å². The van der Waals surface area contributed by atoms with E-state index in [1.807, 2.05) is 19.9 Å². The number of rotatable bonds is 2. The monoisotopic (exact) mass is 293 g/mol. The maximum absolute atomic E-state index is 12.5. The zero-order chi connectivity index (χ0) is 15.8. The maximum Gasteiger partial charge on any atom is 0.417 e. The summed E-state index contributed by atoms with van der Waals surface area (Å²) in [5, 5.41) is 0. The number of carbonyl (C=O) groups excluding carboxylic acids is 1. The van der Waals surface area contributed by atoms with Crippen LogP contribution in [0.5, 0.6) is 0 Å². The highest BCUT2D eigenvalue weighted by Crippen LogP contribution is 2.28. The number of aromatic nitrogens is 1. The van der Waals surface area contributed by atoms with Crippen LogP contribution < -0.4 is 0 Å². The van der Waals surface area contributed by atoms with E-state index in [-0.39, 0.29) is 11.5 Å². The number of ketones is 1. The molecule has 1 aromatic carbocycles. The van der Waals surface area contributed by atoms with Crippen molar-refractivity contribution in [3.8, 4) is 0 Å². The third kappa shape index (κ3) is 3.12. The number of pyridine rings is 1. The van der Waals surface area contributed by atoms with Gasteiger partial charge in [-0.2, -0.15) is 13.2 Å². The van der Waals surface area contributed by atoms with E-state index in [0.29, 0.717) is 11.8 Å². The van der Waals surface area contributed by atoms with Crippen molar-refractivity contribution in [2.75, 3.05) is 0 Å². The second-order valence-corrected chi connectivity index (χ2v) is 5.01. The van der Waals surface area contributed by atoms with Crippen LogP contribution in [-0.4, -0.2) is 10.8 Å². The van der Waals surface area contributed by atoms with E-state index in [1.165, 1.54) is 0 Å². The molecule has 21 heavy (non-hydrogen) atoms. The topological polar surface area (TPSA) is 30.0 Å². The molecular weight excluding hydrogens is 279 g/mol. The van der Waals surface area contributed by atoms with Crippen molar-refractivity contribution in [2.24, 2.45) is 0 Å². The Labute approximate surface area is 120 Å². The number of nitrogens with zero attached hydrogens (tertiary/aromatic N) is 1. The lowest BCUT2D eigenvalue weighted by Crippen LogP contribution is -2.10. The summed E-state index contributed by atoms with van der Waals surface area (Å²) in [5.41, 5.74) is 2.40. The van der Waals surface area contributed by atoms with Crippen molar-refractivity contribution in [3.05, 3.63) is 64.0 Å². The second kappa shape index (κ2) is 5.31. The minimum absolute atomic E-state index is 0.00866. The standard InChI is InChI=1S/C16H14F3NO/c1-9-6-11(3)13(7-10(9)2)15(21)14-5-4-12(8-20-14)16(17,18)19/h4-8H,1-3H3. The summed E-state index contributed by atoms with van der Waals surface area (Å²) in [7, 11) is 0. The Morgan fingerprint density at radius 1 is 1.00 bits per heavy atom. The van der Waals surface area contributed by atoms with Crippen molar-refractivity contribution >= 4 is 5.78 Å². The molecule has 1 aromatic heterocycles. The smallest absolute Gasteiger partial charge is 0.287 e. The van der Waals surface area contributed by atoms with Crippen LogP contribution in [0.25, 0.3) is 0 Å². The van der Waals surface area contributed by atoms with Gasteiger partial charge in [-0.1, -0.05) is 6.07 Å². The summed E-state index contributed by atoms with van der Waals surface area (Å²) in [6.45, 7) is 5.61. The molecule has 0 radical (unpaired) electrons. The first-order chi connectivity index (χ1) is 9.70. The minimum Gasteiger partial charge on any atom is -0.287 e. The van der Waals surface area contributed by atoms with Gasteiger partial charge in [-0.25, -0.2) is 0 Å². The average Bonchev–Trinajstić information content (AvgIpc) is 2.41. The summed E-state index contributed by atoms with van der Waals surface area (Å²) in [5.74, 6) is -0.371. The largest absolute Gasteiger partial charge is 0.417 e. The van der Waals surface area contributed by atoms with Gasteiger partial charge in [-0.15, -0.1) is 0 Å². The molecule has 0 spiro atoms. The Kier molecular flexibility index (Phi) is 3.85. The van der Waals surface area contributed by atoms with Gasteiger partial charge in [0, 0.05) is 11.8 Å². The SMILES string of the molecule is Cc1cc(C)c(C(=O)c2ccc(C(F)(F)F)cn2)cc1C. The van der Waals surface area contributed by atoms with Gasteiger partial charge in [-0.05, 0) is 55.7 Å². The lowest BCUT2D eigenvalue weighted by atomic mass is 9.96. The van der Waals surface area contributed by atoms with E-state index in [4.69, 9.17) is 0 Å². The molecule has 0 unspecified atom stereocenters. The van der Waals surface area contributed by atoms with Crippen LogP contribution in [0.15, 0.2) is 30.5 Å². The highest BCUT2D eigenvalue weighted by atomic mass is 19.4. The Morgan fingerprint density at radius 3 is 2.14 bits per heavy atom. The van der Waals surface area contributed by atoms with Gasteiger partial charge in [0.2, 0.25) is 5.78 Å². The zero-order valence-electron chi connectivity index (χ0n) is 11.9. The van der Waals surface area contributed by atoms with E-state index >= 15 is 0 Å². The molecule has 0 saturated heterocycles. The normalized spacial score (nSPS) is 11.5. The van der Waals surface area contributed by atoms with Crippen molar-refractivity contribution in [1.29, 1.82) is 0 Å². The first kappa shape index (κ1) is 15.2. The Morgan fingerprint density at radius 2 is 1.62 bits per heavy atom. The highest BCUT2D eigenvalue weighted by Gasteiger charge is 2.31. The number of hydrogen-bond acceptors (Lipinski definition) is 2. The Bertz CT molecular complexity index is 688. The van der Waals surface area contributed by atoms with E-state index in [0.717, 1.165) is 28.8 Å². The molecule has 0 bridgehead atoms. The molecule has 0 fully saturated rings. The van der Waals surface area contributed by atoms with Crippen LogP contribution in [0.1, 0.15) is 38.3 Å². The third-order valence-electron chi connectivity index (χ3n) is 3.41. The summed E-state index contributed by atoms with van der Waals surface area (Å²) in [6.07, 6.45) is -3.77. The van der Waals surface area contributed by atoms with Gasteiger partial charge in [0.1, 0.15) is 5.69 Å². The number of benzene rings is 1. The molecule has 0 atom stereocenters. The first-order valence-corrected chi connectivity index (χ1v) is 6.36. The number of hydrogen-bond donors (Lipinski definition) is 0. The predicted octanol–water partition coefficient (Wildman–Crippen LogP) is 4.26. The van der Waals surface area contributed by atoms with Crippen molar-refractivity contribution < 1.29 is 18.0 Å². The molecule has 110 valence electrons. The number of alkyl halides is 3. The Hall–Kier alpha value is -2.17. The maximum atomic E-state index is 12.5. The van der Waals surface area contributed by atoms with Crippen LogP contribution >= 0.6 is 0 Å². The number of halogens is 3. The van der Waals surface area contributed by atoms with Crippen LogP contribution in [0.3, 0.4) is 0 Å². The number of carbonyl (C=O) groups is 1. The van der Waals surface area contributed by atoms with Crippen molar-refractivity contribution in [2.45, 2.75) is 26.9 Å². The van der Waals surface area contributed by atoms with Gasteiger partial charge < -0.3 is 0 Å². The minimum atomic E-state index is -4.45. The zero-order valence-corrected chi connectivity index (χ0v) is 11.9. The second-order valence-electron chi connectivity index (χ2n) is 5.01. The molecule has 2 aromatic rings. The quantitative estimate of drug-likeness (QED) is 0.774. The van der Waals surface area contributed by atoms with Gasteiger partial charge >= 0.3 is 6.18 Å². The van der Waals surface area contributed by atoms with Crippen LogP contribution in [0.4, 0.5) is 13.2 Å². The molecule has 0 aliphatic carbocycles. The molecular formula is C16H14F3NO. The first-order valence-electron chi connectivity index (χ1n) is 6.36. The average molecular weight is 293 g/mol. The molecule has 0 saturated carbocycles. The number of aryl methyl sites for hydroxylation is 3. The van der Waals surface area contributed by atoms with E-state index in [2.05, 4.69) is 4.98 Å². The van der Waals surface area contributed by atoms with Crippen LogP contribution in [-0.2, 0) is 6.18 Å². The molecule has 1 heterocycles. The van der Waals surface area contributed by atoms with Crippen molar-refractivity contribution in [1.82, 2.24) is 4.98 Å². The summed E-state index contributed by atoms with van der Waals surface area (Å²) in [4.78, 5) is 16.0. The molecule has 2 rings (SSSR count). The lowest BCUT2D eigenvalue weighted by molar-refractivity contribution is -0.137. The molecule has 2 nitrogen and oxygen atoms in total. The van der Waals surface area contributed by atoms with E-state index in [1.54, 1.807) is 13.0 Å².